The number of H-pyrrole nitrogens is 1. The number of fused-ring (bicyclic) bond motifs is 6. The maximum absolute atomic E-state index is 13.7. The van der Waals surface area contributed by atoms with Gasteiger partial charge >= 0.3 is 0 Å². The van der Waals surface area contributed by atoms with Crippen molar-refractivity contribution in [3.8, 4) is 0 Å². The monoisotopic (exact) mass is 486 g/mol. The normalized spacial score (nSPS) is 25.0. The smallest absolute Gasteiger partial charge is 0.270 e. The number of amides is 2. The van der Waals surface area contributed by atoms with Gasteiger partial charge in [0.15, 0.2) is 0 Å². The molecular weight excluding hydrogens is 452 g/mol. The number of nitrogens with one attached hydrogen (secondary N) is 1. The van der Waals surface area contributed by atoms with Gasteiger partial charge in [0.2, 0.25) is 0 Å². The Morgan fingerprint density at radius 3 is 2.22 bits per heavy atom. The molecule has 2 aromatic carbocycles. The molecule has 2 unspecified atom stereocenters. The van der Waals surface area contributed by atoms with Crippen LogP contribution in [0.2, 0.25) is 0 Å². The second-order valence-corrected chi connectivity index (χ2v) is 11.2. The first-order valence-corrected chi connectivity index (χ1v) is 13.0. The highest BCUT2D eigenvalue weighted by molar-refractivity contribution is 5.99. The number of para-hydroxylation sites is 1. The van der Waals surface area contributed by atoms with Crippen LogP contribution >= 0.6 is 0 Å². The van der Waals surface area contributed by atoms with E-state index in [0.29, 0.717) is 40.7 Å². The van der Waals surface area contributed by atoms with E-state index in [9.17, 15) is 9.59 Å². The van der Waals surface area contributed by atoms with Crippen molar-refractivity contribution in [1.29, 1.82) is 0 Å². The summed E-state index contributed by atoms with van der Waals surface area (Å²) < 4.78 is 2.20. The molecule has 2 saturated heterocycles. The third-order valence-electron chi connectivity index (χ3n) is 8.64. The fraction of sp³-hybridized carbons (Fsp3) is 0.429. The zero-order valence-electron chi connectivity index (χ0n) is 20.6. The molecule has 2 aromatic heterocycles. The predicted molar refractivity (Wildman–Crippen MR) is 141 cm³/mol. The van der Waals surface area contributed by atoms with E-state index in [1.54, 1.807) is 0 Å². The molecule has 8 heteroatoms. The molecule has 4 heterocycles. The molecule has 36 heavy (non-hydrogen) atoms. The van der Waals surface area contributed by atoms with E-state index < -0.39 is 0 Å². The lowest BCUT2D eigenvalue weighted by molar-refractivity contribution is 0.0629. The number of benzene rings is 2. The number of aromatic amines is 1. The summed E-state index contributed by atoms with van der Waals surface area (Å²) in [5, 5.41) is 11.9. The molecule has 1 N–H and O–H groups in total. The van der Waals surface area contributed by atoms with Crippen LogP contribution in [-0.2, 0) is 6.54 Å². The average molecular weight is 487 g/mol. The van der Waals surface area contributed by atoms with E-state index in [-0.39, 0.29) is 14.7 Å². The van der Waals surface area contributed by atoms with Gasteiger partial charge in [-0.15, -0.1) is 0 Å². The second kappa shape index (κ2) is 7.91. The molecule has 0 radical (unpaired) electrons. The van der Waals surface area contributed by atoms with Crippen molar-refractivity contribution < 1.29 is 12.4 Å². The van der Waals surface area contributed by atoms with Crippen LogP contribution < -0.4 is 0 Å². The SMILES string of the molecule is CC(C)Cn1c(C(=O)N2CC3C(C2)[C@@H]2CN(C(=O)c4ccc5n[nH]nc5c4)C[C@H]32)cc2ccccc21.[HH].[HH]. The molecule has 2 amide bonds. The van der Waals surface area contributed by atoms with Gasteiger partial charge in [-0.1, -0.05) is 32.0 Å². The molecule has 4 aromatic rings. The van der Waals surface area contributed by atoms with Crippen molar-refractivity contribution in [1.82, 2.24) is 29.8 Å². The Morgan fingerprint density at radius 1 is 0.889 bits per heavy atom. The van der Waals surface area contributed by atoms with Crippen LogP contribution in [0.15, 0.2) is 48.5 Å². The first-order chi connectivity index (χ1) is 17.5. The van der Waals surface area contributed by atoms with Crippen molar-refractivity contribution in [3.63, 3.8) is 0 Å². The summed E-state index contributed by atoms with van der Waals surface area (Å²) in [7, 11) is 0. The van der Waals surface area contributed by atoms with E-state index in [0.717, 1.165) is 54.8 Å². The molecule has 1 saturated carbocycles. The summed E-state index contributed by atoms with van der Waals surface area (Å²) >= 11 is 0. The number of hydrogen-bond acceptors (Lipinski definition) is 4. The van der Waals surface area contributed by atoms with Crippen LogP contribution in [0.25, 0.3) is 21.9 Å². The quantitative estimate of drug-likeness (QED) is 0.469. The van der Waals surface area contributed by atoms with Gasteiger partial charge in [0, 0.05) is 52.0 Å². The molecular formula is C28H34N6O2. The molecule has 0 spiro atoms. The molecule has 7 rings (SSSR count). The first-order valence-electron chi connectivity index (χ1n) is 13.0. The van der Waals surface area contributed by atoms with Crippen molar-refractivity contribution in [2.75, 3.05) is 26.2 Å². The van der Waals surface area contributed by atoms with Crippen LogP contribution in [0.4, 0.5) is 0 Å². The highest BCUT2D eigenvalue weighted by atomic mass is 16.2. The standard InChI is InChI=1S/C28H30N6O2.2H2/c1-16(2)11-34-25-6-4-3-5-17(25)10-26(34)28(36)33-14-21-19-12-32(13-20(19)22(21)15-33)27(35)18-7-8-23-24(9-18)30-31-29-23;;/h3-10,16,19-22H,11-15H2,1-2H3,(H,29,30,31);2*1H/t19-,20+,21?,22?;;. The fourth-order valence-corrected chi connectivity index (χ4v) is 6.97. The second-order valence-electron chi connectivity index (χ2n) is 11.2. The molecule has 4 atom stereocenters. The van der Waals surface area contributed by atoms with Crippen LogP contribution in [0.5, 0.6) is 0 Å². The van der Waals surface area contributed by atoms with Crippen molar-refractivity contribution in [3.05, 3.63) is 59.8 Å². The summed E-state index contributed by atoms with van der Waals surface area (Å²) in [6.45, 7) is 8.35. The number of nitrogens with zero attached hydrogens (tertiary/aromatic N) is 5. The zero-order chi connectivity index (χ0) is 24.6. The minimum absolute atomic E-state index is 0. The summed E-state index contributed by atoms with van der Waals surface area (Å²) in [5.41, 5.74) is 4.07. The minimum Gasteiger partial charge on any atom is -0.338 e. The van der Waals surface area contributed by atoms with Gasteiger partial charge in [-0.05, 0) is 59.9 Å². The van der Waals surface area contributed by atoms with Gasteiger partial charge in [0.05, 0.1) is 0 Å². The molecule has 3 fully saturated rings. The predicted octanol–water partition coefficient (Wildman–Crippen LogP) is 4.15. The maximum Gasteiger partial charge on any atom is 0.270 e. The third-order valence-corrected chi connectivity index (χ3v) is 8.64. The van der Waals surface area contributed by atoms with E-state index in [2.05, 4.69) is 56.9 Å². The number of rotatable bonds is 4. The van der Waals surface area contributed by atoms with Gasteiger partial charge in [-0.25, -0.2) is 0 Å². The number of aromatic nitrogens is 4. The number of hydrogen-bond donors (Lipinski definition) is 1. The van der Waals surface area contributed by atoms with E-state index in [1.807, 2.05) is 35.2 Å². The van der Waals surface area contributed by atoms with Gasteiger partial charge in [0.25, 0.3) is 11.8 Å². The first kappa shape index (κ1) is 21.6. The van der Waals surface area contributed by atoms with Crippen LogP contribution in [-0.4, -0.2) is 67.8 Å². The van der Waals surface area contributed by atoms with Crippen molar-refractivity contribution in [2.45, 2.75) is 20.4 Å². The van der Waals surface area contributed by atoms with Crippen LogP contribution in [0.1, 0.15) is 37.5 Å². The van der Waals surface area contributed by atoms with Crippen LogP contribution in [0.3, 0.4) is 0 Å². The molecule has 8 nitrogen and oxygen atoms in total. The van der Waals surface area contributed by atoms with E-state index in [1.165, 1.54) is 0 Å². The topological polar surface area (TPSA) is 87.1 Å². The Labute approximate surface area is 212 Å². The third kappa shape index (κ3) is 3.20. The lowest BCUT2D eigenvalue weighted by atomic mass is 9.60. The van der Waals surface area contributed by atoms with Crippen molar-refractivity contribution >= 4 is 33.8 Å². The molecule has 2 aliphatic heterocycles. The average Bonchev–Trinajstić information content (AvgIpc) is 3.64. The van der Waals surface area contributed by atoms with Gasteiger partial charge in [-0.2, -0.15) is 15.4 Å². The summed E-state index contributed by atoms with van der Waals surface area (Å²) in [4.78, 5) is 31.0. The van der Waals surface area contributed by atoms with Gasteiger partial charge in [-0.3, -0.25) is 9.59 Å². The Bertz CT molecular complexity index is 1490. The molecule has 1 aliphatic carbocycles. The number of carbonyl (C=O) groups excluding carboxylic acids is 2. The highest BCUT2D eigenvalue weighted by Gasteiger charge is 2.59. The molecule has 3 aliphatic rings. The highest BCUT2D eigenvalue weighted by Crippen LogP contribution is 2.54. The molecule has 188 valence electrons. The summed E-state index contributed by atoms with van der Waals surface area (Å²) in [6.07, 6.45) is 0. The largest absolute Gasteiger partial charge is 0.338 e. The number of carbonyl (C=O) groups is 2. The lowest BCUT2D eigenvalue weighted by Crippen LogP contribution is -2.44. The van der Waals surface area contributed by atoms with Crippen molar-refractivity contribution in [2.24, 2.45) is 29.6 Å². The Morgan fingerprint density at radius 2 is 1.53 bits per heavy atom. The Hall–Kier alpha value is -3.68. The zero-order valence-corrected chi connectivity index (χ0v) is 20.6. The van der Waals surface area contributed by atoms with E-state index >= 15 is 0 Å². The fourth-order valence-electron chi connectivity index (χ4n) is 6.97. The minimum atomic E-state index is 0. The van der Waals surface area contributed by atoms with Gasteiger partial charge < -0.3 is 14.4 Å². The number of likely N-dealkylation sites (tertiary alicyclic amines) is 2. The maximum atomic E-state index is 13.7. The Balaban J connectivity index is 0.00000147. The lowest BCUT2D eigenvalue weighted by Gasteiger charge is -2.42. The summed E-state index contributed by atoms with van der Waals surface area (Å²) in [5.74, 6) is 2.60. The van der Waals surface area contributed by atoms with Crippen LogP contribution in [0, 0.1) is 29.6 Å². The van der Waals surface area contributed by atoms with E-state index in [4.69, 9.17) is 0 Å². The molecule has 0 bridgehead atoms. The summed E-state index contributed by atoms with van der Waals surface area (Å²) in [6, 6.07) is 15.8. The Kier molecular flexibility index (Phi) is 4.75. The van der Waals surface area contributed by atoms with Gasteiger partial charge in [0.1, 0.15) is 16.7 Å².